The normalized spacial score (nSPS) is 20.5. The second-order valence-electron chi connectivity index (χ2n) is 5.38. The average molecular weight is 261 g/mol. The summed E-state index contributed by atoms with van der Waals surface area (Å²) >= 11 is 0. The van der Waals surface area contributed by atoms with Crippen LogP contribution in [0, 0.1) is 0 Å². The average Bonchev–Trinajstić information content (AvgIpc) is 2.46. The Morgan fingerprint density at radius 2 is 1.95 bits per heavy atom. The Bertz CT molecular complexity index is 381. The van der Waals surface area contributed by atoms with Crippen LogP contribution in [0.25, 0.3) is 0 Å². The predicted molar refractivity (Wildman–Crippen MR) is 83.0 cm³/mol. The van der Waals surface area contributed by atoms with E-state index in [4.69, 9.17) is 0 Å². The van der Waals surface area contributed by atoms with Crippen LogP contribution in [0.15, 0.2) is 18.2 Å². The molecule has 1 unspecified atom stereocenters. The molecule has 2 rings (SSSR count). The molecule has 0 amide bonds. The maximum absolute atomic E-state index is 3.70. The molecule has 0 saturated carbocycles. The molecule has 0 bridgehead atoms. The van der Waals surface area contributed by atoms with E-state index in [0.717, 1.165) is 39.0 Å². The van der Waals surface area contributed by atoms with Gasteiger partial charge >= 0.3 is 0 Å². The third-order valence-corrected chi connectivity index (χ3v) is 4.16. The predicted octanol–water partition coefficient (Wildman–Crippen LogP) is 2.13. The molecule has 1 aromatic rings. The zero-order chi connectivity index (χ0) is 13.7. The molecule has 1 aromatic carbocycles. The summed E-state index contributed by atoms with van der Waals surface area (Å²) in [5, 5.41) is 7.18. The first kappa shape index (κ1) is 14.4. The van der Waals surface area contributed by atoms with Gasteiger partial charge in [-0.05, 0) is 31.0 Å². The Hall–Kier alpha value is -1.06. The van der Waals surface area contributed by atoms with E-state index in [1.54, 1.807) is 0 Å². The molecular formula is C16H27N3. The van der Waals surface area contributed by atoms with Crippen molar-refractivity contribution in [1.82, 2.24) is 10.2 Å². The molecule has 19 heavy (non-hydrogen) atoms. The van der Waals surface area contributed by atoms with Gasteiger partial charge in [0.25, 0.3) is 0 Å². The van der Waals surface area contributed by atoms with Gasteiger partial charge in [-0.25, -0.2) is 0 Å². The Kier molecular flexibility index (Phi) is 5.23. The largest absolute Gasteiger partial charge is 0.383 e. The topological polar surface area (TPSA) is 27.3 Å². The van der Waals surface area contributed by atoms with E-state index in [-0.39, 0.29) is 0 Å². The van der Waals surface area contributed by atoms with Crippen LogP contribution in [0.4, 0.5) is 5.69 Å². The van der Waals surface area contributed by atoms with Crippen LogP contribution in [0.2, 0.25) is 0 Å². The van der Waals surface area contributed by atoms with E-state index in [1.807, 2.05) is 0 Å². The molecule has 3 heteroatoms. The lowest BCUT2D eigenvalue weighted by molar-refractivity contribution is 0.209. The smallest absolute Gasteiger partial charge is 0.0405 e. The van der Waals surface area contributed by atoms with Crippen molar-refractivity contribution in [1.29, 1.82) is 0 Å². The van der Waals surface area contributed by atoms with Crippen LogP contribution in [-0.2, 0) is 12.8 Å². The van der Waals surface area contributed by atoms with Crippen LogP contribution in [0.1, 0.15) is 25.0 Å². The van der Waals surface area contributed by atoms with Crippen molar-refractivity contribution in [2.24, 2.45) is 0 Å². The molecular weight excluding hydrogens is 234 g/mol. The molecule has 106 valence electrons. The highest BCUT2D eigenvalue weighted by molar-refractivity contribution is 5.58. The van der Waals surface area contributed by atoms with Gasteiger partial charge in [-0.2, -0.15) is 0 Å². The fourth-order valence-electron chi connectivity index (χ4n) is 2.78. The third-order valence-electron chi connectivity index (χ3n) is 4.16. The van der Waals surface area contributed by atoms with E-state index in [0.29, 0.717) is 6.04 Å². The summed E-state index contributed by atoms with van der Waals surface area (Å²) in [4.78, 5) is 2.45. The van der Waals surface area contributed by atoms with E-state index < -0.39 is 0 Å². The van der Waals surface area contributed by atoms with Gasteiger partial charge in [0.15, 0.2) is 0 Å². The molecule has 0 aromatic heterocycles. The SMILES string of the molecule is CCc1cccc(CC)c1NCC1CNCCN1C. The molecule has 1 aliphatic rings. The molecule has 1 aliphatic heterocycles. The van der Waals surface area contributed by atoms with Gasteiger partial charge in [-0.15, -0.1) is 0 Å². The maximum atomic E-state index is 3.70. The van der Waals surface area contributed by atoms with Crippen molar-refractivity contribution in [2.45, 2.75) is 32.7 Å². The number of nitrogens with zero attached hydrogens (tertiary/aromatic N) is 1. The number of hydrogen-bond acceptors (Lipinski definition) is 3. The van der Waals surface area contributed by atoms with Crippen molar-refractivity contribution in [3.05, 3.63) is 29.3 Å². The summed E-state index contributed by atoms with van der Waals surface area (Å²) in [6, 6.07) is 7.24. The first-order valence-corrected chi connectivity index (χ1v) is 7.51. The molecule has 2 N–H and O–H groups in total. The summed E-state index contributed by atoms with van der Waals surface area (Å²) in [7, 11) is 2.22. The van der Waals surface area contributed by atoms with Crippen LogP contribution in [0.5, 0.6) is 0 Å². The summed E-state index contributed by atoms with van der Waals surface area (Å²) in [6.45, 7) is 8.82. The number of nitrogens with one attached hydrogen (secondary N) is 2. The highest BCUT2D eigenvalue weighted by atomic mass is 15.2. The highest BCUT2D eigenvalue weighted by Crippen LogP contribution is 2.22. The summed E-state index contributed by atoms with van der Waals surface area (Å²) in [6.07, 6.45) is 2.18. The van der Waals surface area contributed by atoms with Gasteiger partial charge in [0, 0.05) is 37.9 Å². The number of piperazine rings is 1. The Labute approximate surface area is 117 Å². The molecule has 0 aliphatic carbocycles. The van der Waals surface area contributed by atoms with Gasteiger partial charge in [-0.3, -0.25) is 4.90 Å². The Morgan fingerprint density at radius 1 is 1.26 bits per heavy atom. The van der Waals surface area contributed by atoms with Crippen molar-refractivity contribution >= 4 is 5.69 Å². The van der Waals surface area contributed by atoms with Gasteiger partial charge in [0.2, 0.25) is 0 Å². The van der Waals surface area contributed by atoms with Crippen molar-refractivity contribution in [2.75, 3.05) is 38.5 Å². The second-order valence-corrected chi connectivity index (χ2v) is 5.38. The van der Waals surface area contributed by atoms with Gasteiger partial charge in [0.1, 0.15) is 0 Å². The van der Waals surface area contributed by atoms with E-state index in [2.05, 4.69) is 54.6 Å². The lowest BCUT2D eigenvalue weighted by atomic mass is 10.0. The first-order valence-electron chi connectivity index (χ1n) is 7.51. The summed E-state index contributed by atoms with van der Waals surface area (Å²) < 4.78 is 0. The summed E-state index contributed by atoms with van der Waals surface area (Å²) in [5.41, 5.74) is 4.24. The number of benzene rings is 1. The fourth-order valence-corrected chi connectivity index (χ4v) is 2.78. The zero-order valence-corrected chi connectivity index (χ0v) is 12.5. The minimum absolute atomic E-state index is 0.586. The summed E-state index contributed by atoms with van der Waals surface area (Å²) in [5.74, 6) is 0. The number of likely N-dealkylation sites (N-methyl/N-ethyl adjacent to an activating group) is 1. The Balaban J connectivity index is 2.05. The number of para-hydroxylation sites is 1. The van der Waals surface area contributed by atoms with Gasteiger partial charge < -0.3 is 10.6 Å². The lowest BCUT2D eigenvalue weighted by Gasteiger charge is -2.33. The number of anilines is 1. The van der Waals surface area contributed by atoms with Crippen molar-refractivity contribution in [3.8, 4) is 0 Å². The van der Waals surface area contributed by atoms with Crippen LogP contribution < -0.4 is 10.6 Å². The van der Waals surface area contributed by atoms with Crippen LogP contribution >= 0.6 is 0 Å². The number of hydrogen-bond donors (Lipinski definition) is 2. The minimum atomic E-state index is 0.586. The fraction of sp³-hybridized carbons (Fsp3) is 0.625. The molecule has 3 nitrogen and oxygen atoms in total. The zero-order valence-electron chi connectivity index (χ0n) is 12.5. The minimum Gasteiger partial charge on any atom is -0.383 e. The molecule has 1 saturated heterocycles. The maximum Gasteiger partial charge on any atom is 0.0405 e. The third kappa shape index (κ3) is 3.48. The van der Waals surface area contributed by atoms with Gasteiger partial charge in [0.05, 0.1) is 0 Å². The standard InChI is InChI=1S/C16H27N3/c1-4-13-7-6-8-14(5-2)16(13)18-12-15-11-17-9-10-19(15)3/h6-8,15,17-18H,4-5,9-12H2,1-3H3. The van der Waals surface area contributed by atoms with Crippen LogP contribution in [-0.4, -0.2) is 44.2 Å². The second kappa shape index (κ2) is 6.92. The van der Waals surface area contributed by atoms with Crippen molar-refractivity contribution in [3.63, 3.8) is 0 Å². The number of rotatable bonds is 5. The molecule has 1 heterocycles. The van der Waals surface area contributed by atoms with E-state index in [9.17, 15) is 0 Å². The lowest BCUT2D eigenvalue weighted by Crippen LogP contribution is -2.52. The molecule has 0 radical (unpaired) electrons. The van der Waals surface area contributed by atoms with E-state index in [1.165, 1.54) is 16.8 Å². The molecule has 0 spiro atoms. The van der Waals surface area contributed by atoms with Crippen LogP contribution in [0.3, 0.4) is 0 Å². The van der Waals surface area contributed by atoms with Gasteiger partial charge in [-0.1, -0.05) is 32.0 Å². The quantitative estimate of drug-likeness (QED) is 0.850. The number of aryl methyl sites for hydroxylation is 2. The first-order chi connectivity index (χ1) is 9.26. The monoisotopic (exact) mass is 261 g/mol. The van der Waals surface area contributed by atoms with Crippen molar-refractivity contribution < 1.29 is 0 Å². The highest BCUT2D eigenvalue weighted by Gasteiger charge is 2.18. The molecule has 1 fully saturated rings. The van der Waals surface area contributed by atoms with E-state index >= 15 is 0 Å². The Morgan fingerprint density at radius 3 is 2.53 bits per heavy atom. The molecule has 1 atom stereocenters.